The molecule has 0 unspecified atom stereocenters. The fourth-order valence-electron chi connectivity index (χ4n) is 1.94. The van der Waals surface area contributed by atoms with Crippen LogP contribution in [-0.2, 0) is 0 Å². The molecule has 0 aliphatic rings. The first-order chi connectivity index (χ1) is 10.6. The lowest BCUT2D eigenvalue weighted by atomic mass is 10.0. The summed E-state index contributed by atoms with van der Waals surface area (Å²) >= 11 is 1.69. The number of thioether (sulfide) groups is 1. The molecule has 0 spiro atoms. The van der Waals surface area contributed by atoms with Crippen LogP contribution in [0.1, 0.15) is 41.3 Å². The molecule has 0 aromatic heterocycles. The van der Waals surface area contributed by atoms with E-state index in [1.54, 1.807) is 18.0 Å². The molecule has 0 atom stereocenters. The average Bonchev–Trinajstić information content (AvgIpc) is 2.55. The molecule has 114 valence electrons. The lowest BCUT2D eigenvalue weighted by Crippen LogP contribution is -2.17. The number of rotatable bonds is 5. The number of hydrogen-bond donors (Lipinski definition) is 1. The number of carbonyl (C=O) groups excluding carboxylic acids is 1. The van der Waals surface area contributed by atoms with E-state index < -0.39 is 0 Å². The van der Waals surface area contributed by atoms with Crippen molar-refractivity contribution in [1.29, 1.82) is 0 Å². The average molecular weight is 312 g/mol. The Balaban J connectivity index is 1.95. The van der Waals surface area contributed by atoms with Gasteiger partial charge in [-0.2, -0.15) is 5.10 Å². The van der Waals surface area contributed by atoms with Crippen molar-refractivity contribution >= 4 is 23.9 Å². The minimum absolute atomic E-state index is 0.202. The van der Waals surface area contributed by atoms with E-state index in [4.69, 9.17) is 0 Å². The number of carbonyl (C=O) groups is 1. The first-order valence-electron chi connectivity index (χ1n) is 7.17. The van der Waals surface area contributed by atoms with E-state index in [-0.39, 0.29) is 5.91 Å². The van der Waals surface area contributed by atoms with Crippen LogP contribution in [0.3, 0.4) is 0 Å². The number of hydrogen-bond acceptors (Lipinski definition) is 3. The highest BCUT2D eigenvalue weighted by molar-refractivity contribution is 7.98. The molecule has 0 radical (unpaired) electrons. The molecule has 0 bridgehead atoms. The maximum absolute atomic E-state index is 12.0. The zero-order chi connectivity index (χ0) is 15.9. The molecule has 2 aromatic carbocycles. The molecule has 3 nitrogen and oxygen atoms in total. The van der Waals surface area contributed by atoms with Crippen LogP contribution in [0.25, 0.3) is 0 Å². The number of benzene rings is 2. The van der Waals surface area contributed by atoms with Crippen molar-refractivity contribution in [1.82, 2.24) is 5.43 Å². The van der Waals surface area contributed by atoms with Crippen molar-refractivity contribution in [2.24, 2.45) is 5.10 Å². The molecule has 2 aromatic rings. The molecule has 1 N–H and O–H groups in total. The monoisotopic (exact) mass is 312 g/mol. The van der Waals surface area contributed by atoms with Gasteiger partial charge in [-0.1, -0.05) is 38.1 Å². The molecule has 0 aliphatic carbocycles. The fourth-order valence-corrected chi connectivity index (χ4v) is 2.35. The second kappa shape index (κ2) is 7.80. The second-order valence-electron chi connectivity index (χ2n) is 5.25. The highest BCUT2D eigenvalue weighted by Gasteiger charge is 2.05. The molecule has 0 saturated heterocycles. The van der Waals surface area contributed by atoms with Gasteiger partial charge in [0.05, 0.1) is 6.21 Å². The Labute approximate surface area is 135 Å². The maximum atomic E-state index is 12.0. The van der Waals surface area contributed by atoms with Crippen molar-refractivity contribution < 1.29 is 4.79 Å². The molecule has 2 rings (SSSR count). The third-order valence-corrected chi connectivity index (χ3v) is 4.08. The van der Waals surface area contributed by atoms with Crippen LogP contribution >= 0.6 is 11.8 Å². The Morgan fingerprint density at radius 3 is 2.27 bits per heavy atom. The Hall–Kier alpha value is -2.07. The van der Waals surface area contributed by atoms with Gasteiger partial charge in [0.15, 0.2) is 0 Å². The van der Waals surface area contributed by atoms with Crippen molar-refractivity contribution in [3.05, 3.63) is 65.2 Å². The number of nitrogens with zero attached hydrogens (tertiary/aromatic N) is 1. The van der Waals surface area contributed by atoms with Gasteiger partial charge in [-0.05, 0) is 47.6 Å². The van der Waals surface area contributed by atoms with E-state index >= 15 is 0 Å². The van der Waals surface area contributed by atoms with E-state index in [1.807, 2.05) is 54.8 Å². The summed E-state index contributed by atoms with van der Waals surface area (Å²) in [5.74, 6) is 0.256. The molecular formula is C18H20N2OS. The van der Waals surface area contributed by atoms with Gasteiger partial charge in [0.25, 0.3) is 5.91 Å². The zero-order valence-corrected chi connectivity index (χ0v) is 13.9. The standard InChI is InChI=1S/C18H20N2OS/c1-13(2)15-6-8-16(9-7-15)18(21)20-19-12-14-4-10-17(22-3)11-5-14/h4-13H,1-3H3,(H,20,21)/b19-12-. The van der Waals surface area contributed by atoms with E-state index in [2.05, 4.69) is 24.4 Å². The highest BCUT2D eigenvalue weighted by atomic mass is 32.2. The maximum Gasteiger partial charge on any atom is 0.271 e. The van der Waals surface area contributed by atoms with Crippen molar-refractivity contribution in [3.8, 4) is 0 Å². The zero-order valence-electron chi connectivity index (χ0n) is 13.0. The van der Waals surface area contributed by atoms with Crippen LogP contribution < -0.4 is 5.43 Å². The van der Waals surface area contributed by atoms with Crippen molar-refractivity contribution in [2.45, 2.75) is 24.7 Å². The number of amides is 1. The summed E-state index contributed by atoms with van der Waals surface area (Å²) in [6.45, 7) is 4.25. The molecule has 0 saturated carbocycles. The summed E-state index contributed by atoms with van der Waals surface area (Å²) < 4.78 is 0. The van der Waals surface area contributed by atoms with Crippen LogP contribution in [0.2, 0.25) is 0 Å². The third-order valence-electron chi connectivity index (χ3n) is 3.34. The van der Waals surface area contributed by atoms with Crippen molar-refractivity contribution in [2.75, 3.05) is 6.26 Å². The summed E-state index contributed by atoms with van der Waals surface area (Å²) in [7, 11) is 0. The Kier molecular flexibility index (Phi) is 5.78. The summed E-state index contributed by atoms with van der Waals surface area (Å²) in [5.41, 5.74) is 5.33. The molecule has 0 heterocycles. The van der Waals surface area contributed by atoms with Crippen LogP contribution in [0.4, 0.5) is 0 Å². The first kappa shape index (κ1) is 16.3. The Morgan fingerprint density at radius 2 is 1.73 bits per heavy atom. The van der Waals surface area contributed by atoms with Crippen LogP contribution in [-0.4, -0.2) is 18.4 Å². The molecule has 4 heteroatoms. The van der Waals surface area contributed by atoms with Gasteiger partial charge in [-0.3, -0.25) is 4.79 Å². The van der Waals surface area contributed by atoms with Gasteiger partial charge in [-0.15, -0.1) is 11.8 Å². The van der Waals surface area contributed by atoms with Crippen LogP contribution in [0.15, 0.2) is 58.5 Å². The van der Waals surface area contributed by atoms with Gasteiger partial charge in [0.1, 0.15) is 0 Å². The van der Waals surface area contributed by atoms with Gasteiger partial charge in [0.2, 0.25) is 0 Å². The van der Waals surface area contributed by atoms with Gasteiger partial charge < -0.3 is 0 Å². The smallest absolute Gasteiger partial charge is 0.267 e. The summed E-state index contributed by atoms with van der Waals surface area (Å²) in [4.78, 5) is 13.2. The van der Waals surface area contributed by atoms with E-state index in [0.29, 0.717) is 11.5 Å². The first-order valence-corrected chi connectivity index (χ1v) is 8.40. The highest BCUT2D eigenvalue weighted by Crippen LogP contribution is 2.15. The van der Waals surface area contributed by atoms with E-state index in [0.717, 1.165) is 5.56 Å². The predicted octanol–water partition coefficient (Wildman–Crippen LogP) is 4.30. The minimum atomic E-state index is -0.202. The van der Waals surface area contributed by atoms with E-state index in [9.17, 15) is 4.79 Å². The van der Waals surface area contributed by atoms with Gasteiger partial charge >= 0.3 is 0 Å². The van der Waals surface area contributed by atoms with Crippen LogP contribution in [0.5, 0.6) is 0 Å². The number of hydrazone groups is 1. The predicted molar refractivity (Wildman–Crippen MR) is 93.8 cm³/mol. The summed E-state index contributed by atoms with van der Waals surface area (Å²) in [5, 5.41) is 4.00. The number of nitrogens with one attached hydrogen (secondary N) is 1. The van der Waals surface area contributed by atoms with Crippen molar-refractivity contribution in [3.63, 3.8) is 0 Å². The third kappa shape index (κ3) is 4.46. The molecule has 1 amide bonds. The normalized spacial score (nSPS) is 11.1. The lowest BCUT2D eigenvalue weighted by molar-refractivity contribution is 0.0955. The topological polar surface area (TPSA) is 41.5 Å². The lowest BCUT2D eigenvalue weighted by Gasteiger charge is -2.05. The second-order valence-corrected chi connectivity index (χ2v) is 6.13. The fraction of sp³-hybridized carbons (Fsp3) is 0.222. The summed E-state index contributed by atoms with van der Waals surface area (Å²) in [6, 6.07) is 15.6. The molecular weight excluding hydrogens is 292 g/mol. The van der Waals surface area contributed by atoms with Gasteiger partial charge in [0, 0.05) is 10.5 Å². The molecule has 0 fully saturated rings. The van der Waals surface area contributed by atoms with E-state index in [1.165, 1.54) is 10.5 Å². The quantitative estimate of drug-likeness (QED) is 0.508. The molecule has 0 aliphatic heterocycles. The Bertz CT molecular complexity index is 646. The van der Waals surface area contributed by atoms with Gasteiger partial charge in [-0.25, -0.2) is 5.43 Å². The Morgan fingerprint density at radius 1 is 1.09 bits per heavy atom. The largest absolute Gasteiger partial charge is 0.271 e. The molecule has 22 heavy (non-hydrogen) atoms. The minimum Gasteiger partial charge on any atom is -0.267 e. The van der Waals surface area contributed by atoms with Crippen LogP contribution in [0, 0.1) is 0 Å². The SMILES string of the molecule is CSc1ccc(/C=N\NC(=O)c2ccc(C(C)C)cc2)cc1. The summed E-state index contributed by atoms with van der Waals surface area (Å²) in [6.07, 6.45) is 3.68.